The Morgan fingerprint density at radius 1 is 1.18 bits per heavy atom. The standard InChI is InChI=1S/C23H37NO3.C5H10O/c1-6-9-20(23(8-3)26-5)22-16-24(13-7-2)14-12-18-10-11-19(15-21(18)22)27-17-25-4;1-2-3-4-5-6/h8,10-11,15,20,22H,6-7,9,12-14,16-17H2,1-5H3;5H,2-4H2,1H3/b23-8+;. The summed E-state index contributed by atoms with van der Waals surface area (Å²) in [5.41, 5.74) is 2.85. The smallest absolute Gasteiger partial charge is 0.188 e. The third-order valence-corrected chi connectivity index (χ3v) is 6.20. The van der Waals surface area contributed by atoms with Crippen molar-refractivity contribution in [2.45, 2.75) is 78.6 Å². The van der Waals surface area contributed by atoms with Gasteiger partial charge in [0.05, 0.1) is 12.9 Å². The summed E-state index contributed by atoms with van der Waals surface area (Å²) in [5, 5.41) is 0. The van der Waals surface area contributed by atoms with Gasteiger partial charge in [-0.05, 0) is 68.5 Å². The van der Waals surface area contributed by atoms with E-state index >= 15 is 0 Å². The summed E-state index contributed by atoms with van der Waals surface area (Å²) >= 11 is 0. The molecule has 188 valence electrons. The van der Waals surface area contributed by atoms with Crippen molar-refractivity contribution >= 4 is 6.29 Å². The fraction of sp³-hybridized carbons (Fsp3) is 0.679. The van der Waals surface area contributed by atoms with Crippen LogP contribution < -0.4 is 4.74 Å². The van der Waals surface area contributed by atoms with Crippen molar-refractivity contribution < 1.29 is 19.0 Å². The predicted octanol–water partition coefficient (Wildman–Crippen LogP) is 6.36. The molecule has 0 aromatic heterocycles. The number of allylic oxidation sites excluding steroid dienone is 2. The van der Waals surface area contributed by atoms with Crippen molar-refractivity contribution in [3.8, 4) is 5.75 Å². The van der Waals surface area contributed by atoms with Crippen molar-refractivity contribution in [3.63, 3.8) is 0 Å². The number of rotatable bonds is 13. The van der Waals surface area contributed by atoms with E-state index in [4.69, 9.17) is 14.2 Å². The average Bonchev–Trinajstić information content (AvgIpc) is 3.01. The molecule has 0 amide bonds. The average molecular weight is 462 g/mol. The molecule has 2 unspecified atom stereocenters. The number of ether oxygens (including phenoxy) is 3. The molecule has 2 rings (SSSR count). The molecule has 1 aromatic rings. The van der Waals surface area contributed by atoms with E-state index in [1.165, 1.54) is 17.5 Å². The van der Waals surface area contributed by atoms with Crippen LogP contribution in [0.25, 0.3) is 0 Å². The molecule has 1 aliphatic heterocycles. The summed E-state index contributed by atoms with van der Waals surface area (Å²) < 4.78 is 16.7. The van der Waals surface area contributed by atoms with Crippen LogP contribution in [0.1, 0.15) is 83.3 Å². The van der Waals surface area contributed by atoms with Crippen molar-refractivity contribution in [1.82, 2.24) is 4.90 Å². The van der Waals surface area contributed by atoms with Crippen molar-refractivity contribution in [1.29, 1.82) is 0 Å². The lowest BCUT2D eigenvalue weighted by Crippen LogP contribution is -2.32. The van der Waals surface area contributed by atoms with Crippen LogP contribution in [0.2, 0.25) is 0 Å². The Hall–Kier alpha value is -1.85. The largest absolute Gasteiger partial charge is 0.501 e. The van der Waals surface area contributed by atoms with Crippen LogP contribution in [0.15, 0.2) is 30.0 Å². The van der Waals surface area contributed by atoms with Crippen molar-refractivity contribution in [2.24, 2.45) is 5.92 Å². The van der Waals surface area contributed by atoms with Gasteiger partial charge < -0.3 is 23.9 Å². The van der Waals surface area contributed by atoms with Crippen molar-refractivity contribution in [2.75, 3.05) is 40.6 Å². The second kappa shape index (κ2) is 17.6. The van der Waals surface area contributed by atoms with Crippen LogP contribution in [0, 0.1) is 5.92 Å². The highest BCUT2D eigenvalue weighted by atomic mass is 16.7. The number of fused-ring (bicyclic) bond motifs is 1. The molecule has 0 radical (unpaired) electrons. The van der Waals surface area contributed by atoms with E-state index in [0.29, 0.717) is 11.8 Å². The number of hydrogen-bond donors (Lipinski definition) is 0. The molecule has 1 aliphatic rings. The third-order valence-electron chi connectivity index (χ3n) is 6.20. The molecule has 1 aromatic carbocycles. The van der Waals surface area contributed by atoms with Gasteiger partial charge in [0.15, 0.2) is 6.79 Å². The predicted molar refractivity (Wildman–Crippen MR) is 137 cm³/mol. The molecule has 5 nitrogen and oxygen atoms in total. The summed E-state index contributed by atoms with van der Waals surface area (Å²) in [6.07, 6.45) is 10.5. The first-order valence-electron chi connectivity index (χ1n) is 12.7. The SMILES string of the molecule is C/C=C(/OC)C(CCC)C1CN(CCC)CCc2ccc(OCOC)cc21.CCCCC=O. The number of carbonyl (C=O) groups is 1. The summed E-state index contributed by atoms with van der Waals surface area (Å²) in [6.45, 7) is 12.3. The third kappa shape index (κ3) is 9.89. The van der Waals surface area contributed by atoms with Gasteiger partial charge in [-0.15, -0.1) is 0 Å². The highest BCUT2D eigenvalue weighted by molar-refractivity contribution is 5.48. The van der Waals surface area contributed by atoms with E-state index in [1.54, 1.807) is 14.2 Å². The molecule has 33 heavy (non-hydrogen) atoms. The van der Waals surface area contributed by atoms with Gasteiger partial charge in [-0.2, -0.15) is 0 Å². The lowest BCUT2D eigenvalue weighted by atomic mass is 9.79. The molecule has 5 heteroatoms. The molecule has 0 fully saturated rings. The number of carbonyl (C=O) groups excluding carboxylic acids is 1. The van der Waals surface area contributed by atoms with E-state index in [-0.39, 0.29) is 6.79 Å². The van der Waals surface area contributed by atoms with E-state index < -0.39 is 0 Å². The van der Waals surface area contributed by atoms with Gasteiger partial charge in [0, 0.05) is 38.5 Å². The minimum absolute atomic E-state index is 0.280. The van der Waals surface area contributed by atoms with Crippen LogP contribution in [0.3, 0.4) is 0 Å². The second-order valence-corrected chi connectivity index (χ2v) is 8.67. The highest BCUT2D eigenvalue weighted by Crippen LogP contribution is 2.39. The van der Waals surface area contributed by atoms with Crippen LogP contribution in [-0.2, 0) is 20.7 Å². The topological polar surface area (TPSA) is 48.0 Å². The molecule has 2 atom stereocenters. The first-order valence-corrected chi connectivity index (χ1v) is 12.7. The Bertz CT molecular complexity index is 688. The number of unbranched alkanes of at least 4 members (excludes halogenated alkanes) is 2. The van der Waals surface area contributed by atoms with Gasteiger partial charge in [0.1, 0.15) is 12.0 Å². The van der Waals surface area contributed by atoms with Crippen LogP contribution in [-0.4, -0.2) is 51.8 Å². The lowest BCUT2D eigenvalue weighted by Gasteiger charge is -2.32. The Morgan fingerprint density at radius 3 is 2.52 bits per heavy atom. The number of benzene rings is 1. The number of hydrogen-bond acceptors (Lipinski definition) is 5. The van der Waals surface area contributed by atoms with Crippen LogP contribution in [0.5, 0.6) is 5.75 Å². The summed E-state index contributed by atoms with van der Waals surface area (Å²) in [4.78, 5) is 12.2. The molecule has 0 saturated heterocycles. The summed E-state index contributed by atoms with van der Waals surface area (Å²) in [7, 11) is 3.46. The zero-order chi connectivity index (χ0) is 24.5. The highest BCUT2D eigenvalue weighted by Gasteiger charge is 2.32. The van der Waals surface area contributed by atoms with Gasteiger partial charge in [0.25, 0.3) is 0 Å². The number of nitrogens with zero attached hydrogens (tertiary/aromatic N) is 1. The molecular weight excluding hydrogens is 414 g/mol. The lowest BCUT2D eigenvalue weighted by molar-refractivity contribution is -0.107. The molecule has 0 aliphatic carbocycles. The van der Waals surface area contributed by atoms with Gasteiger partial charge in [0.2, 0.25) is 0 Å². The number of methoxy groups -OCH3 is 2. The second-order valence-electron chi connectivity index (χ2n) is 8.67. The van der Waals surface area contributed by atoms with Gasteiger partial charge in [-0.25, -0.2) is 0 Å². The monoisotopic (exact) mass is 461 g/mol. The summed E-state index contributed by atoms with van der Waals surface area (Å²) in [6, 6.07) is 6.56. The maximum absolute atomic E-state index is 9.56. The Balaban J connectivity index is 0.000000801. The normalized spacial score (nSPS) is 17.3. The summed E-state index contributed by atoms with van der Waals surface area (Å²) in [5.74, 6) is 2.79. The minimum atomic E-state index is 0.280. The fourth-order valence-electron chi connectivity index (χ4n) is 4.60. The Morgan fingerprint density at radius 2 is 1.97 bits per heavy atom. The van der Waals surface area contributed by atoms with E-state index in [9.17, 15) is 4.79 Å². The quantitative estimate of drug-likeness (QED) is 0.148. The molecule has 0 spiro atoms. The molecule has 0 N–H and O–H groups in total. The Kier molecular flexibility index (Phi) is 15.6. The maximum atomic E-state index is 9.56. The van der Waals surface area contributed by atoms with Gasteiger partial charge in [-0.1, -0.05) is 39.7 Å². The molecule has 1 heterocycles. The van der Waals surface area contributed by atoms with E-state index in [2.05, 4.69) is 56.9 Å². The molecular formula is C28H47NO4. The van der Waals surface area contributed by atoms with E-state index in [0.717, 1.165) is 76.0 Å². The Labute approximate surface area is 202 Å². The maximum Gasteiger partial charge on any atom is 0.188 e. The first kappa shape index (κ1) is 29.2. The molecule has 0 saturated carbocycles. The number of aldehydes is 1. The zero-order valence-corrected chi connectivity index (χ0v) is 21.9. The molecule has 0 bridgehead atoms. The first-order chi connectivity index (χ1) is 16.1. The van der Waals surface area contributed by atoms with E-state index in [1.807, 2.05) is 0 Å². The van der Waals surface area contributed by atoms with Gasteiger partial charge >= 0.3 is 0 Å². The van der Waals surface area contributed by atoms with Crippen molar-refractivity contribution in [3.05, 3.63) is 41.2 Å². The van der Waals surface area contributed by atoms with Gasteiger partial charge in [-0.3, -0.25) is 0 Å². The van der Waals surface area contributed by atoms with Crippen LogP contribution in [0.4, 0.5) is 0 Å². The van der Waals surface area contributed by atoms with Crippen LogP contribution >= 0.6 is 0 Å². The zero-order valence-electron chi connectivity index (χ0n) is 21.9. The fourth-order valence-corrected chi connectivity index (χ4v) is 4.60. The minimum Gasteiger partial charge on any atom is -0.501 e.